The van der Waals surface area contributed by atoms with Crippen molar-refractivity contribution in [3.05, 3.63) is 0 Å². The minimum absolute atomic E-state index is 0.00157. The van der Waals surface area contributed by atoms with E-state index < -0.39 is 17.6 Å². The van der Waals surface area contributed by atoms with Crippen molar-refractivity contribution in [1.82, 2.24) is 5.32 Å². The van der Waals surface area contributed by atoms with Crippen LogP contribution >= 0.6 is 0 Å². The number of carboxylic acids is 1. The van der Waals surface area contributed by atoms with E-state index in [0.717, 1.165) is 6.54 Å². The Hall–Kier alpha value is -0.640. The number of rotatable bonds is 3. The van der Waals surface area contributed by atoms with E-state index in [9.17, 15) is 14.3 Å². The Balaban J connectivity index is 2.96. The first-order valence-electron chi connectivity index (χ1n) is 6.32. The van der Waals surface area contributed by atoms with Gasteiger partial charge in [-0.3, -0.25) is 4.79 Å². The van der Waals surface area contributed by atoms with E-state index in [2.05, 4.69) is 26.1 Å². The summed E-state index contributed by atoms with van der Waals surface area (Å²) in [6.45, 7) is 8.96. The molecule has 0 aromatic carbocycles. The summed E-state index contributed by atoms with van der Waals surface area (Å²) in [4.78, 5) is 11.5. The van der Waals surface area contributed by atoms with E-state index in [4.69, 9.17) is 0 Å². The maximum Gasteiger partial charge on any atom is 0.313 e. The van der Waals surface area contributed by atoms with Crippen molar-refractivity contribution in [3.8, 4) is 0 Å². The number of carbonyl (C=O) groups is 1. The van der Waals surface area contributed by atoms with E-state index in [1.165, 1.54) is 0 Å². The van der Waals surface area contributed by atoms with Gasteiger partial charge in [-0.2, -0.15) is 0 Å². The molecule has 17 heavy (non-hydrogen) atoms. The van der Waals surface area contributed by atoms with Crippen molar-refractivity contribution in [2.75, 3.05) is 13.1 Å². The molecule has 0 aromatic heterocycles. The fourth-order valence-corrected chi connectivity index (χ4v) is 2.59. The highest BCUT2D eigenvalue weighted by Gasteiger charge is 2.50. The standard InChI is InChI=1S/C13H24FNO2/c1-5-10(14)13(11(16)17)6-9(7-15-8-13)12(2,3)4/h9-10,15H,5-8H2,1-4H3,(H,16,17)/t9-,10?,13-/m1/s1. The third-order valence-electron chi connectivity index (χ3n) is 4.05. The van der Waals surface area contributed by atoms with Crippen LogP contribution in [0.5, 0.6) is 0 Å². The molecule has 2 N–H and O–H groups in total. The summed E-state index contributed by atoms with van der Waals surface area (Å²) in [5.41, 5.74) is -1.24. The van der Waals surface area contributed by atoms with E-state index in [1.54, 1.807) is 6.92 Å². The molecule has 0 bridgehead atoms. The van der Waals surface area contributed by atoms with Crippen molar-refractivity contribution in [3.63, 3.8) is 0 Å². The van der Waals surface area contributed by atoms with Crippen molar-refractivity contribution in [1.29, 1.82) is 0 Å². The second-order valence-corrected chi connectivity index (χ2v) is 6.24. The number of aliphatic carboxylic acids is 1. The Bertz CT molecular complexity index is 288. The number of hydrogen-bond acceptors (Lipinski definition) is 2. The van der Waals surface area contributed by atoms with Crippen LogP contribution in [-0.4, -0.2) is 30.3 Å². The highest BCUT2D eigenvalue weighted by Crippen LogP contribution is 2.42. The van der Waals surface area contributed by atoms with E-state index >= 15 is 0 Å². The van der Waals surface area contributed by atoms with Gasteiger partial charge in [0.1, 0.15) is 11.6 Å². The third-order valence-corrected chi connectivity index (χ3v) is 4.05. The first-order valence-corrected chi connectivity index (χ1v) is 6.32. The van der Waals surface area contributed by atoms with Gasteiger partial charge in [0.2, 0.25) is 0 Å². The molecule has 1 aliphatic rings. The molecule has 3 atom stereocenters. The second-order valence-electron chi connectivity index (χ2n) is 6.24. The number of alkyl halides is 1. The van der Waals surface area contributed by atoms with Gasteiger partial charge >= 0.3 is 5.97 Å². The smallest absolute Gasteiger partial charge is 0.313 e. The van der Waals surface area contributed by atoms with Crippen LogP contribution in [0, 0.1) is 16.7 Å². The van der Waals surface area contributed by atoms with Crippen LogP contribution in [0.25, 0.3) is 0 Å². The summed E-state index contributed by atoms with van der Waals surface area (Å²) in [5.74, 6) is -0.814. The summed E-state index contributed by atoms with van der Waals surface area (Å²) in [6.07, 6.45) is -0.601. The van der Waals surface area contributed by atoms with Crippen LogP contribution in [0.15, 0.2) is 0 Å². The van der Waals surface area contributed by atoms with Crippen molar-refractivity contribution in [2.45, 2.75) is 46.7 Å². The molecule has 1 aliphatic heterocycles. The van der Waals surface area contributed by atoms with Gasteiger partial charge in [-0.15, -0.1) is 0 Å². The van der Waals surface area contributed by atoms with Gasteiger partial charge in [-0.05, 0) is 30.7 Å². The minimum Gasteiger partial charge on any atom is -0.481 e. The van der Waals surface area contributed by atoms with E-state index in [0.29, 0.717) is 6.42 Å². The molecule has 0 amide bonds. The fourth-order valence-electron chi connectivity index (χ4n) is 2.59. The zero-order valence-electron chi connectivity index (χ0n) is 11.2. The Morgan fingerprint density at radius 1 is 1.59 bits per heavy atom. The fraction of sp³-hybridized carbons (Fsp3) is 0.923. The molecule has 3 nitrogen and oxygen atoms in total. The lowest BCUT2D eigenvalue weighted by Gasteiger charge is -2.44. The van der Waals surface area contributed by atoms with Crippen molar-refractivity contribution >= 4 is 5.97 Å². The van der Waals surface area contributed by atoms with Gasteiger partial charge in [0.05, 0.1) is 0 Å². The molecule has 0 aliphatic carbocycles. The topological polar surface area (TPSA) is 49.3 Å². The van der Waals surface area contributed by atoms with Crippen LogP contribution in [0.4, 0.5) is 4.39 Å². The first-order chi connectivity index (χ1) is 7.74. The second kappa shape index (κ2) is 4.92. The molecular weight excluding hydrogens is 221 g/mol. The van der Waals surface area contributed by atoms with Crippen LogP contribution in [-0.2, 0) is 4.79 Å². The third kappa shape index (κ3) is 2.79. The SMILES string of the molecule is CCC(F)[C@]1(C(=O)O)CNC[C@H](C(C)(C)C)C1. The average Bonchev–Trinajstić information content (AvgIpc) is 2.26. The van der Waals surface area contributed by atoms with Gasteiger partial charge in [0.25, 0.3) is 0 Å². The minimum atomic E-state index is -1.28. The number of hydrogen-bond donors (Lipinski definition) is 2. The average molecular weight is 245 g/mol. The van der Waals surface area contributed by atoms with Crippen molar-refractivity contribution in [2.24, 2.45) is 16.7 Å². The van der Waals surface area contributed by atoms with Gasteiger partial charge in [0.15, 0.2) is 0 Å². The molecule has 1 fully saturated rings. The Labute approximate surface area is 103 Å². The monoisotopic (exact) mass is 245 g/mol. The van der Waals surface area contributed by atoms with Gasteiger partial charge in [-0.1, -0.05) is 27.7 Å². The molecule has 1 heterocycles. The Kier molecular flexibility index (Phi) is 4.18. The number of halogens is 1. The highest BCUT2D eigenvalue weighted by atomic mass is 19.1. The zero-order valence-corrected chi connectivity index (χ0v) is 11.2. The molecule has 100 valence electrons. The molecular formula is C13H24FNO2. The lowest BCUT2D eigenvalue weighted by Crippen LogP contribution is -2.56. The van der Waals surface area contributed by atoms with E-state index in [-0.39, 0.29) is 24.3 Å². The summed E-state index contributed by atoms with van der Waals surface area (Å²) in [6, 6.07) is 0. The zero-order chi connectivity index (χ0) is 13.3. The predicted molar refractivity (Wildman–Crippen MR) is 65.7 cm³/mol. The first kappa shape index (κ1) is 14.4. The largest absolute Gasteiger partial charge is 0.481 e. The maximum atomic E-state index is 14.1. The molecule has 1 rings (SSSR count). The number of carboxylic acid groups (broad SMARTS) is 1. The van der Waals surface area contributed by atoms with Gasteiger partial charge < -0.3 is 10.4 Å². The molecule has 0 spiro atoms. The molecule has 1 saturated heterocycles. The van der Waals surface area contributed by atoms with Gasteiger partial charge in [-0.25, -0.2) is 4.39 Å². The van der Waals surface area contributed by atoms with Crippen LogP contribution in [0.2, 0.25) is 0 Å². The lowest BCUT2D eigenvalue weighted by molar-refractivity contribution is -0.157. The molecule has 0 saturated carbocycles. The van der Waals surface area contributed by atoms with Crippen LogP contribution < -0.4 is 5.32 Å². The summed E-state index contributed by atoms with van der Waals surface area (Å²) in [5, 5.41) is 12.5. The Morgan fingerprint density at radius 2 is 2.18 bits per heavy atom. The quantitative estimate of drug-likeness (QED) is 0.803. The molecule has 4 heteroatoms. The van der Waals surface area contributed by atoms with Crippen LogP contribution in [0.3, 0.4) is 0 Å². The molecule has 0 radical (unpaired) electrons. The summed E-state index contributed by atoms with van der Waals surface area (Å²) < 4.78 is 14.1. The van der Waals surface area contributed by atoms with Crippen molar-refractivity contribution < 1.29 is 14.3 Å². The summed E-state index contributed by atoms with van der Waals surface area (Å²) in [7, 11) is 0. The summed E-state index contributed by atoms with van der Waals surface area (Å²) >= 11 is 0. The normalized spacial score (nSPS) is 32.2. The maximum absolute atomic E-state index is 14.1. The molecule has 1 unspecified atom stereocenters. The number of piperidine rings is 1. The number of nitrogens with one attached hydrogen (secondary N) is 1. The highest BCUT2D eigenvalue weighted by molar-refractivity contribution is 5.76. The Morgan fingerprint density at radius 3 is 2.59 bits per heavy atom. The molecule has 0 aromatic rings. The predicted octanol–water partition coefficient (Wildman–Crippen LogP) is 2.46. The van der Waals surface area contributed by atoms with Gasteiger partial charge in [0, 0.05) is 6.54 Å². The van der Waals surface area contributed by atoms with E-state index in [1.807, 2.05) is 0 Å². The van der Waals surface area contributed by atoms with Crippen LogP contribution in [0.1, 0.15) is 40.5 Å². The lowest BCUT2D eigenvalue weighted by atomic mass is 9.65.